The highest BCUT2D eigenvalue weighted by Crippen LogP contribution is 2.49. The number of nitro groups is 1. The first kappa shape index (κ1) is 19.9. The molecule has 32 heavy (non-hydrogen) atoms. The fourth-order valence-electron chi connectivity index (χ4n) is 4.88. The minimum atomic E-state index is -1.04. The highest BCUT2D eigenvalue weighted by atomic mass is 16.6. The van der Waals surface area contributed by atoms with Gasteiger partial charge in [0.1, 0.15) is 17.8 Å². The second-order valence-corrected chi connectivity index (χ2v) is 7.95. The molecule has 3 aromatic rings. The van der Waals surface area contributed by atoms with Crippen molar-refractivity contribution in [3.05, 3.63) is 111 Å². The van der Waals surface area contributed by atoms with Crippen LogP contribution in [0.5, 0.6) is 5.75 Å². The van der Waals surface area contributed by atoms with Gasteiger partial charge in [0.2, 0.25) is 6.04 Å². The molecule has 0 spiro atoms. The zero-order valence-corrected chi connectivity index (χ0v) is 17.4. The third-order valence-corrected chi connectivity index (χ3v) is 6.32. The van der Waals surface area contributed by atoms with E-state index in [0.717, 1.165) is 11.1 Å². The average molecular weight is 427 g/mol. The Bertz CT molecular complexity index is 1190. The zero-order valence-electron chi connectivity index (χ0n) is 17.4. The fourth-order valence-corrected chi connectivity index (χ4v) is 4.88. The number of methoxy groups -OCH3 is 1. The molecule has 7 heteroatoms. The molecule has 7 nitrogen and oxygen atoms in total. The molecule has 3 aromatic carbocycles. The van der Waals surface area contributed by atoms with Gasteiger partial charge in [0.25, 0.3) is 0 Å². The summed E-state index contributed by atoms with van der Waals surface area (Å²) in [6, 6.07) is 21.1. The molecule has 1 fully saturated rings. The molecule has 160 valence electrons. The van der Waals surface area contributed by atoms with Gasteiger partial charge in [-0.05, 0) is 23.3 Å². The van der Waals surface area contributed by atoms with Gasteiger partial charge in [-0.15, -0.1) is 0 Å². The van der Waals surface area contributed by atoms with Crippen LogP contribution in [0.1, 0.15) is 39.0 Å². The maximum Gasteiger partial charge on any atom is 0.248 e. The van der Waals surface area contributed by atoms with E-state index in [1.165, 1.54) is 0 Å². The second kappa shape index (κ2) is 7.92. The van der Waals surface area contributed by atoms with Crippen LogP contribution in [-0.2, 0) is 0 Å². The summed E-state index contributed by atoms with van der Waals surface area (Å²) in [5.74, 6) is -0.217. The van der Waals surface area contributed by atoms with Crippen LogP contribution < -0.4 is 4.74 Å². The lowest BCUT2D eigenvalue weighted by Crippen LogP contribution is -2.38. The third kappa shape index (κ3) is 3.13. The lowest BCUT2D eigenvalue weighted by molar-refractivity contribution is -0.529. The van der Waals surface area contributed by atoms with Crippen molar-refractivity contribution >= 4 is 12.0 Å². The summed E-state index contributed by atoms with van der Waals surface area (Å²) in [4.78, 5) is 25.9. The van der Waals surface area contributed by atoms with Crippen LogP contribution in [0.15, 0.2) is 84.0 Å². The zero-order chi connectivity index (χ0) is 22.2. The number of hydrogen-bond donors (Lipinski definition) is 0. The number of fused-ring (bicyclic) bond motifs is 3. The molecule has 0 bridgehead atoms. The number of nitrogens with zero attached hydrogens (tertiary/aromatic N) is 3. The van der Waals surface area contributed by atoms with Crippen molar-refractivity contribution < 1.29 is 14.5 Å². The topological polar surface area (TPSA) is 85.0 Å². The number of rotatable bonds is 5. The van der Waals surface area contributed by atoms with E-state index in [9.17, 15) is 14.9 Å². The summed E-state index contributed by atoms with van der Waals surface area (Å²) in [5, 5.41) is 18.7. The Morgan fingerprint density at radius 1 is 1.00 bits per heavy atom. The minimum Gasteiger partial charge on any atom is -0.497 e. The number of ketones is 1. The van der Waals surface area contributed by atoms with Gasteiger partial charge in [0.15, 0.2) is 5.78 Å². The van der Waals surface area contributed by atoms with E-state index in [2.05, 4.69) is 5.10 Å². The van der Waals surface area contributed by atoms with Crippen LogP contribution in [0.25, 0.3) is 0 Å². The number of ether oxygens (including phenoxy) is 1. The lowest BCUT2D eigenvalue weighted by Gasteiger charge is -2.30. The molecule has 0 radical (unpaired) electrons. The highest BCUT2D eigenvalue weighted by molar-refractivity contribution is 6.01. The molecular formula is C25H21N3O4. The SMILES string of the molecule is COc1ccc([C@H]2[C@H]([N+](=O)[O-])[C@@H]3c4ccccc4C=NN3[C@@H]2C(=O)c2ccccc2)cc1. The second-order valence-electron chi connectivity index (χ2n) is 7.95. The van der Waals surface area contributed by atoms with Crippen molar-refractivity contribution in [3.63, 3.8) is 0 Å². The first-order valence-corrected chi connectivity index (χ1v) is 10.4. The van der Waals surface area contributed by atoms with Gasteiger partial charge in [0.05, 0.1) is 19.2 Å². The van der Waals surface area contributed by atoms with Crippen molar-refractivity contribution in [2.75, 3.05) is 7.11 Å². The van der Waals surface area contributed by atoms with E-state index in [4.69, 9.17) is 4.74 Å². The molecule has 2 aliphatic heterocycles. The standard InChI is InChI=1S/C25H21N3O4/c1-32-19-13-11-16(12-14-19)21-23(28(30)31)22-20-10-6-5-9-18(20)15-26-27(22)24(21)25(29)17-7-3-2-4-8-17/h2-15,21-24H,1H3/t21-,22-,23-,24-/m0/s1. The Morgan fingerprint density at radius 3 is 2.38 bits per heavy atom. The highest BCUT2D eigenvalue weighted by Gasteiger charge is 2.60. The van der Waals surface area contributed by atoms with Gasteiger partial charge in [0, 0.05) is 16.1 Å². The summed E-state index contributed by atoms with van der Waals surface area (Å²) < 4.78 is 5.26. The molecule has 2 aliphatic rings. The summed E-state index contributed by atoms with van der Waals surface area (Å²) in [6.45, 7) is 0. The van der Waals surface area contributed by atoms with Crippen LogP contribution in [0, 0.1) is 10.1 Å². The first-order chi connectivity index (χ1) is 15.6. The molecule has 2 heterocycles. The Hall–Kier alpha value is -4.00. The fraction of sp³-hybridized carbons (Fsp3) is 0.200. The molecule has 4 atom stereocenters. The van der Waals surface area contributed by atoms with Crippen LogP contribution in [0.3, 0.4) is 0 Å². The predicted molar refractivity (Wildman–Crippen MR) is 120 cm³/mol. The molecular weight excluding hydrogens is 406 g/mol. The smallest absolute Gasteiger partial charge is 0.248 e. The number of carbonyl (C=O) groups is 1. The van der Waals surface area contributed by atoms with Gasteiger partial charge in [-0.25, -0.2) is 0 Å². The summed E-state index contributed by atoms with van der Waals surface area (Å²) >= 11 is 0. The molecule has 0 saturated carbocycles. The Morgan fingerprint density at radius 2 is 1.69 bits per heavy atom. The number of benzene rings is 3. The normalized spacial score (nSPS) is 23.3. The van der Waals surface area contributed by atoms with Crippen LogP contribution in [0.4, 0.5) is 0 Å². The Labute approximate surface area is 185 Å². The van der Waals surface area contributed by atoms with Gasteiger partial charge in [-0.3, -0.25) is 19.9 Å². The number of carbonyl (C=O) groups excluding carboxylic acids is 1. The quantitative estimate of drug-likeness (QED) is 0.348. The van der Waals surface area contributed by atoms with Gasteiger partial charge < -0.3 is 4.74 Å². The van der Waals surface area contributed by atoms with Crippen molar-refractivity contribution in [1.29, 1.82) is 0 Å². The number of hydrazone groups is 1. The van der Waals surface area contributed by atoms with Gasteiger partial charge >= 0.3 is 0 Å². The average Bonchev–Trinajstić information content (AvgIpc) is 3.20. The van der Waals surface area contributed by atoms with Crippen LogP contribution >= 0.6 is 0 Å². The third-order valence-electron chi connectivity index (χ3n) is 6.32. The Balaban J connectivity index is 1.69. The minimum absolute atomic E-state index is 0.183. The summed E-state index contributed by atoms with van der Waals surface area (Å²) in [5.41, 5.74) is 2.87. The molecule has 0 amide bonds. The Kier molecular flexibility index (Phi) is 4.93. The van der Waals surface area contributed by atoms with Crippen molar-refractivity contribution in [2.45, 2.75) is 24.0 Å². The van der Waals surface area contributed by atoms with Crippen molar-refractivity contribution in [1.82, 2.24) is 5.01 Å². The molecule has 1 saturated heterocycles. The molecule has 0 aliphatic carbocycles. The monoisotopic (exact) mass is 427 g/mol. The lowest BCUT2D eigenvalue weighted by atomic mass is 9.82. The number of Topliss-reactive ketones (excluding diaryl/α,β-unsaturated/α-hetero) is 1. The molecule has 5 rings (SSSR count). The van der Waals surface area contributed by atoms with Crippen LogP contribution in [-0.4, -0.2) is 41.1 Å². The van der Waals surface area contributed by atoms with Crippen molar-refractivity contribution in [3.8, 4) is 5.75 Å². The maximum absolute atomic E-state index is 13.7. The van der Waals surface area contributed by atoms with E-state index >= 15 is 0 Å². The first-order valence-electron chi connectivity index (χ1n) is 10.4. The number of hydrogen-bond acceptors (Lipinski definition) is 6. The summed E-state index contributed by atoms with van der Waals surface area (Å²) in [7, 11) is 1.57. The van der Waals surface area contributed by atoms with Crippen molar-refractivity contribution in [2.24, 2.45) is 5.10 Å². The molecule has 0 aromatic heterocycles. The predicted octanol–water partition coefficient (Wildman–Crippen LogP) is 4.08. The van der Waals surface area contributed by atoms with E-state index in [0.29, 0.717) is 16.9 Å². The van der Waals surface area contributed by atoms with Crippen LogP contribution in [0.2, 0.25) is 0 Å². The summed E-state index contributed by atoms with van der Waals surface area (Å²) in [6.07, 6.45) is 1.69. The van der Waals surface area contributed by atoms with E-state index < -0.39 is 24.0 Å². The maximum atomic E-state index is 13.7. The largest absolute Gasteiger partial charge is 0.497 e. The van der Waals surface area contributed by atoms with E-state index in [1.807, 2.05) is 30.3 Å². The molecule has 0 unspecified atom stereocenters. The van der Waals surface area contributed by atoms with E-state index in [1.54, 1.807) is 66.9 Å². The molecule has 0 N–H and O–H groups in total. The van der Waals surface area contributed by atoms with Gasteiger partial charge in [-0.2, -0.15) is 5.10 Å². The van der Waals surface area contributed by atoms with E-state index in [-0.39, 0.29) is 10.7 Å². The van der Waals surface area contributed by atoms with Gasteiger partial charge in [-0.1, -0.05) is 66.7 Å².